The second kappa shape index (κ2) is 9.74. The van der Waals surface area contributed by atoms with Crippen LogP contribution in [0.1, 0.15) is 27.8 Å². The van der Waals surface area contributed by atoms with E-state index in [0.29, 0.717) is 11.3 Å². The number of esters is 1. The number of amides is 1. The van der Waals surface area contributed by atoms with E-state index in [-0.39, 0.29) is 38.3 Å². The molecular weight excluding hydrogens is 449 g/mol. The van der Waals surface area contributed by atoms with E-state index in [2.05, 4.69) is 21.2 Å². The number of hydrogen-bond acceptors (Lipinski definition) is 6. The van der Waals surface area contributed by atoms with E-state index in [1.165, 1.54) is 0 Å². The summed E-state index contributed by atoms with van der Waals surface area (Å²) in [6.45, 7) is 2.01. The van der Waals surface area contributed by atoms with Crippen molar-refractivity contribution < 1.29 is 14.3 Å². The molecular formula is C16H14Cl3N5O3S. The molecule has 0 saturated carbocycles. The Kier molecular flexibility index (Phi) is 7.64. The van der Waals surface area contributed by atoms with Crippen molar-refractivity contribution in [3.8, 4) is 0 Å². The highest BCUT2D eigenvalue weighted by atomic mass is 35.5. The Morgan fingerprint density at radius 3 is 2.39 bits per heavy atom. The zero-order valence-corrected chi connectivity index (χ0v) is 17.4. The maximum Gasteiger partial charge on any atom is 0.338 e. The fourth-order valence-corrected chi connectivity index (χ4v) is 2.68. The summed E-state index contributed by atoms with van der Waals surface area (Å²) in [5.74, 6) is -1.15. The molecule has 0 atom stereocenters. The van der Waals surface area contributed by atoms with Gasteiger partial charge in [-0.1, -0.05) is 34.8 Å². The fraction of sp³-hybridized carbons (Fsp3) is 0.125. The first kappa shape index (κ1) is 22.0. The molecule has 0 spiro atoms. The minimum absolute atomic E-state index is 0.0420. The molecule has 1 heterocycles. The Morgan fingerprint density at radius 1 is 1.14 bits per heavy atom. The predicted molar refractivity (Wildman–Crippen MR) is 113 cm³/mol. The van der Waals surface area contributed by atoms with Crippen LogP contribution < -0.4 is 21.9 Å². The van der Waals surface area contributed by atoms with Gasteiger partial charge >= 0.3 is 5.97 Å². The minimum Gasteiger partial charge on any atom is -0.462 e. The lowest BCUT2D eigenvalue weighted by atomic mass is 10.2. The Morgan fingerprint density at radius 2 is 1.79 bits per heavy atom. The molecule has 2 aromatic rings. The molecule has 0 saturated heterocycles. The van der Waals surface area contributed by atoms with Gasteiger partial charge in [0.15, 0.2) is 16.0 Å². The molecule has 5 N–H and O–H groups in total. The summed E-state index contributed by atoms with van der Waals surface area (Å²) in [7, 11) is 0. The van der Waals surface area contributed by atoms with E-state index in [9.17, 15) is 9.59 Å². The topological polar surface area (TPSA) is 118 Å². The summed E-state index contributed by atoms with van der Waals surface area (Å²) in [5, 5.41) is 2.56. The number of thiocarbonyl (C=S) groups is 1. The zero-order valence-electron chi connectivity index (χ0n) is 14.3. The molecule has 1 aromatic heterocycles. The van der Waals surface area contributed by atoms with Crippen LogP contribution in [0.5, 0.6) is 0 Å². The fourth-order valence-electron chi connectivity index (χ4n) is 1.92. The van der Waals surface area contributed by atoms with E-state index in [0.717, 1.165) is 0 Å². The van der Waals surface area contributed by atoms with E-state index >= 15 is 0 Å². The number of anilines is 2. The number of pyridine rings is 1. The third-order valence-electron chi connectivity index (χ3n) is 3.23. The Hall–Kier alpha value is -2.33. The van der Waals surface area contributed by atoms with Gasteiger partial charge in [-0.25, -0.2) is 9.78 Å². The van der Waals surface area contributed by atoms with Crippen LogP contribution in [0.25, 0.3) is 0 Å². The summed E-state index contributed by atoms with van der Waals surface area (Å²) >= 11 is 22.7. The number of nitrogens with zero attached hydrogens (tertiary/aromatic N) is 1. The lowest BCUT2D eigenvalue weighted by molar-refractivity contribution is 0.0526. The minimum atomic E-state index is -0.725. The SMILES string of the molecule is CCOC(=O)c1ccc(NC(=S)NNC(=O)c2nc(Cl)c(Cl)c(N)c2Cl)cc1. The molecule has 0 bridgehead atoms. The van der Waals surface area contributed by atoms with Gasteiger partial charge in [-0.3, -0.25) is 15.6 Å². The van der Waals surface area contributed by atoms with Gasteiger partial charge in [-0.2, -0.15) is 0 Å². The molecule has 0 unspecified atom stereocenters. The third-order valence-corrected chi connectivity index (χ3v) is 4.57. The van der Waals surface area contributed by atoms with Crippen LogP contribution in [0, 0.1) is 0 Å². The van der Waals surface area contributed by atoms with Gasteiger partial charge < -0.3 is 15.8 Å². The first-order valence-corrected chi connectivity index (χ1v) is 9.23. The van der Waals surface area contributed by atoms with Gasteiger partial charge in [0, 0.05) is 5.69 Å². The van der Waals surface area contributed by atoms with E-state index in [1.54, 1.807) is 31.2 Å². The van der Waals surface area contributed by atoms with Crippen LogP contribution in [0.15, 0.2) is 24.3 Å². The Bertz CT molecular complexity index is 925. The van der Waals surface area contributed by atoms with E-state index in [4.69, 9.17) is 57.5 Å². The van der Waals surface area contributed by atoms with Crippen molar-refractivity contribution in [1.29, 1.82) is 0 Å². The summed E-state index contributed by atoms with van der Waals surface area (Å²) in [5.41, 5.74) is 11.2. The standard InChI is InChI=1S/C16H14Cl3N5O3S/c1-2-27-15(26)7-3-5-8(6-4-7)21-16(28)24-23-14(25)12-9(17)11(20)10(18)13(19)22-12/h3-6H,2H2,1H3,(H2,20,22)(H,23,25)(H2,21,24,28). The number of benzene rings is 1. The first-order valence-electron chi connectivity index (χ1n) is 7.69. The number of nitrogen functional groups attached to an aromatic ring is 1. The number of hydrazine groups is 1. The van der Waals surface area contributed by atoms with Crippen molar-refractivity contribution in [2.45, 2.75) is 6.92 Å². The van der Waals surface area contributed by atoms with Gasteiger partial charge in [0.05, 0.1) is 22.9 Å². The number of hydrogen-bond donors (Lipinski definition) is 4. The van der Waals surface area contributed by atoms with E-state index < -0.39 is 11.9 Å². The number of carbonyl (C=O) groups is 2. The molecule has 0 aliphatic rings. The largest absolute Gasteiger partial charge is 0.462 e. The van der Waals surface area contributed by atoms with Crippen LogP contribution in [0.4, 0.5) is 11.4 Å². The second-order valence-corrected chi connectivity index (χ2v) is 6.65. The maximum atomic E-state index is 12.2. The van der Waals surface area contributed by atoms with Crippen molar-refractivity contribution in [1.82, 2.24) is 15.8 Å². The van der Waals surface area contributed by atoms with Crippen molar-refractivity contribution in [3.05, 3.63) is 50.7 Å². The zero-order chi connectivity index (χ0) is 20.8. The first-order chi connectivity index (χ1) is 13.2. The van der Waals surface area contributed by atoms with Gasteiger partial charge in [0.1, 0.15) is 5.02 Å². The average molecular weight is 463 g/mol. The quantitative estimate of drug-likeness (QED) is 0.236. The van der Waals surface area contributed by atoms with Crippen molar-refractivity contribution in [2.75, 3.05) is 17.7 Å². The van der Waals surface area contributed by atoms with Crippen LogP contribution in [-0.4, -0.2) is 28.6 Å². The highest BCUT2D eigenvalue weighted by Gasteiger charge is 2.19. The number of carbonyl (C=O) groups excluding carboxylic acids is 2. The van der Waals surface area contributed by atoms with Gasteiger partial charge in [-0.15, -0.1) is 0 Å². The molecule has 0 aliphatic heterocycles. The summed E-state index contributed by atoms with van der Waals surface area (Å²) in [4.78, 5) is 27.6. The van der Waals surface area contributed by atoms with Crippen molar-refractivity contribution in [2.24, 2.45) is 0 Å². The van der Waals surface area contributed by atoms with Gasteiger partial charge in [0.25, 0.3) is 5.91 Å². The van der Waals surface area contributed by atoms with Crippen LogP contribution in [0.3, 0.4) is 0 Å². The monoisotopic (exact) mass is 461 g/mol. The molecule has 0 radical (unpaired) electrons. The summed E-state index contributed by atoms with van der Waals surface area (Å²) < 4.78 is 4.90. The Balaban J connectivity index is 1.96. The van der Waals surface area contributed by atoms with Crippen LogP contribution in [-0.2, 0) is 4.74 Å². The maximum absolute atomic E-state index is 12.2. The highest BCUT2D eigenvalue weighted by Crippen LogP contribution is 2.34. The lowest BCUT2D eigenvalue weighted by Gasteiger charge is -2.13. The Labute approximate surface area is 180 Å². The van der Waals surface area contributed by atoms with Crippen LogP contribution in [0.2, 0.25) is 15.2 Å². The predicted octanol–water partition coefficient (Wildman–Crippen LogP) is 3.43. The molecule has 2 rings (SSSR count). The van der Waals surface area contributed by atoms with Gasteiger partial charge in [0.2, 0.25) is 0 Å². The van der Waals surface area contributed by atoms with E-state index in [1.807, 2.05) is 0 Å². The second-order valence-electron chi connectivity index (χ2n) is 5.12. The number of nitrogens with one attached hydrogen (secondary N) is 3. The van der Waals surface area contributed by atoms with Crippen molar-refractivity contribution >= 4 is 75.4 Å². The number of halogens is 3. The molecule has 0 fully saturated rings. The highest BCUT2D eigenvalue weighted by molar-refractivity contribution is 7.80. The molecule has 1 aromatic carbocycles. The third kappa shape index (κ3) is 5.35. The van der Waals surface area contributed by atoms with Gasteiger partial charge in [-0.05, 0) is 43.4 Å². The van der Waals surface area contributed by atoms with Crippen LogP contribution >= 0.6 is 47.0 Å². The summed E-state index contributed by atoms with van der Waals surface area (Å²) in [6.07, 6.45) is 0. The number of ether oxygens (including phenoxy) is 1. The smallest absolute Gasteiger partial charge is 0.338 e. The number of aromatic nitrogens is 1. The normalized spacial score (nSPS) is 10.1. The summed E-state index contributed by atoms with van der Waals surface area (Å²) in [6, 6.07) is 6.40. The average Bonchev–Trinajstić information content (AvgIpc) is 2.68. The molecule has 0 aliphatic carbocycles. The number of rotatable bonds is 4. The number of nitrogens with two attached hydrogens (primary N) is 1. The molecule has 12 heteroatoms. The molecule has 8 nitrogen and oxygen atoms in total. The molecule has 1 amide bonds. The lowest BCUT2D eigenvalue weighted by Crippen LogP contribution is -2.44. The molecule has 28 heavy (non-hydrogen) atoms. The molecule has 148 valence electrons. The van der Waals surface area contributed by atoms with Crippen molar-refractivity contribution in [3.63, 3.8) is 0 Å².